The van der Waals surface area contributed by atoms with E-state index in [-0.39, 0.29) is 23.9 Å². The summed E-state index contributed by atoms with van der Waals surface area (Å²) in [4.78, 5) is 16.2. The number of benzene rings is 2. The molecule has 1 aromatic heterocycles. The summed E-state index contributed by atoms with van der Waals surface area (Å²) in [5.74, 6) is -0.439. The number of nitrogens with zero attached hydrogens (tertiary/aromatic N) is 3. The van der Waals surface area contributed by atoms with Crippen LogP contribution in [0.5, 0.6) is 0 Å². The topological polar surface area (TPSA) is 103 Å². The summed E-state index contributed by atoms with van der Waals surface area (Å²) in [6.07, 6.45) is 1.78. The van der Waals surface area contributed by atoms with E-state index >= 15 is 0 Å². The van der Waals surface area contributed by atoms with Crippen molar-refractivity contribution in [3.63, 3.8) is 0 Å². The van der Waals surface area contributed by atoms with Crippen LogP contribution in [-0.2, 0) is 26.2 Å². The predicted octanol–water partition coefficient (Wildman–Crippen LogP) is 1.65. The molecule has 0 radical (unpaired) electrons. The molecular weight excluding hydrogens is 380 g/mol. The zero-order valence-corrected chi connectivity index (χ0v) is 15.5. The van der Waals surface area contributed by atoms with E-state index in [9.17, 15) is 13.2 Å². The van der Waals surface area contributed by atoms with Crippen LogP contribution in [0, 0.1) is 0 Å². The van der Waals surface area contributed by atoms with Crippen LogP contribution in [0.15, 0.2) is 76.7 Å². The Morgan fingerprint density at radius 1 is 1.07 bits per heavy atom. The van der Waals surface area contributed by atoms with Crippen LogP contribution in [0.25, 0.3) is 5.69 Å². The van der Waals surface area contributed by atoms with Crippen LogP contribution in [-0.4, -0.2) is 36.5 Å². The Balaban J connectivity index is 1.37. The van der Waals surface area contributed by atoms with Gasteiger partial charge in [0.25, 0.3) is 10.0 Å². The number of rotatable bonds is 5. The molecule has 28 heavy (non-hydrogen) atoms. The van der Waals surface area contributed by atoms with Gasteiger partial charge in [0.1, 0.15) is 24.7 Å². The van der Waals surface area contributed by atoms with Crippen molar-refractivity contribution in [2.45, 2.75) is 11.5 Å². The molecule has 2 aromatic carbocycles. The van der Waals surface area contributed by atoms with Gasteiger partial charge < -0.3 is 4.74 Å². The highest BCUT2D eigenvalue weighted by Gasteiger charge is 2.30. The molecule has 1 aliphatic rings. The van der Waals surface area contributed by atoms with E-state index in [1.54, 1.807) is 35.1 Å². The quantitative estimate of drug-likeness (QED) is 0.661. The first-order chi connectivity index (χ1) is 13.5. The highest BCUT2D eigenvalue weighted by Crippen LogP contribution is 2.22. The minimum Gasteiger partial charge on any atom is -0.458 e. The van der Waals surface area contributed by atoms with Gasteiger partial charge in [0.15, 0.2) is 0 Å². The summed E-state index contributed by atoms with van der Waals surface area (Å²) in [5.41, 5.74) is 1.94. The van der Waals surface area contributed by atoms with Crippen LogP contribution >= 0.6 is 0 Å². The number of hydrogen-bond acceptors (Lipinski definition) is 6. The number of carbonyl (C=O) groups is 1. The first kappa shape index (κ1) is 17.9. The van der Waals surface area contributed by atoms with E-state index in [1.807, 2.05) is 30.3 Å². The van der Waals surface area contributed by atoms with Crippen LogP contribution in [0.1, 0.15) is 11.3 Å². The zero-order valence-electron chi connectivity index (χ0n) is 14.6. The normalized spacial score (nSPS) is 15.8. The number of esters is 1. The number of ether oxygens (including phenoxy) is 1. The highest BCUT2D eigenvalue weighted by molar-refractivity contribution is 7.90. The smallest absolute Gasteiger partial charge is 0.328 e. The number of hydrogen-bond donors (Lipinski definition) is 1. The second-order valence-electron chi connectivity index (χ2n) is 6.01. The van der Waals surface area contributed by atoms with Gasteiger partial charge >= 0.3 is 5.97 Å². The summed E-state index contributed by atoms with van der Waals surface area (Å²) in [5, 5.41) is 4.35. The van der Waals surface area contributed by atoms with Crippen LogP contribution in [0.2, 0.25) is 0 Å². The standard InChI is InChI=1S/C19H16N4O4S/c24-18(12-20-19-16-8-4-5-9-17(16)28(25,26)22-19)27-13-14-10-11-23(21-14)15-6-2-1-3-7-15/h1-11H,12-13H2,(H,20,22). The molecule has 0 bridgehead atoms. The Bertz CT molecular complexity index is 1150. The van der Waals surface area contributed by atoms with Crippen LogP contribution in [0.4, 0.5) is 0 Å². The fraction of sp³-hybridized carbons (Fsp3) is 0.105. The lowest BCUT2D eigenvalue weighted by molar-refractivity contribution is -0.143. The lowest BCUT2D eigenvalue weighted by Gasteiger charge is -2.02. The number of aliphatic imine (C=N–C) groups is 1. The molecule has 0 saturated heterocycles. The molecule has 0 unspecified atom stereocenters. The molecule has 3 aromatic rings. The van der Waals surface area contributed by atoms with Gasteiger partial charge in [-0.2, -0.15) is 5.10 Å². The average molecular weight is 396 g/mol. The summed E-state index contributed by atoms with van der Waals surface area (Å²) in [6, 6.07) is 17.8. The van der Waals surface area contributed by atoms with Gasteiger partial charge in [-0.3, -0.25) is 14.5 Å². The average Bonchev–Trinajstić information content (AvgIpc) is 3.28. The van der Waals surface area contributed by atoms with E-state index in [0.717, 1.165) is 5.69 Å². The van der Waals surface area contributed by atoms with Crippen molar-refractivity contribution in [1.29, 1.82) is 0 Å². The molecule has 0 saturated carbocycles. The van der Waals surface area contributed by atoms with E-state index in [4.69, 9.17) is 4.74 Å². The summed E-state index contributed by atoms with van der Waals surface area (Å²) in [7, 11) is -3.63. The SMILES string of the molecule is O=C(CN=C1NS(=O)(=O)c2ccccc21)OCc1ccn(-c2ccccc2)n1. The van der Waals surface area contributed by atoms with Gasteiger partial charge in [-0.1, -0.05) is 30.3 Å². The Morgan fingerprint density at radius 3 is 2.64 bits per heavy atom. The molecule has 0 atom stereocenters. The third-order valence-electron chi connectivity index (χ3n) is 4.08. The van der Waals surface area contributed by atoms with Crippen molar-refractivity contribution in [1.82, 2.24) is 14.5 Å². The summed E-state index contributed by atoms with van der Waals surface area (Å²) >= 11 is 0. The van der Waals surface area contributed by atoms with Crippen molar-refractivity contribution < 1.29 is 17.9 Å². The number of para-hydroxylation sites is 1. The lowest BCUT2D eigenvalue weighted by atomic mass is 10.2. The van der Waals surface area contributed by atoms with Gasteiger partial charge in [0.05, 0.1) is 10.6 Å². The van der Waals surface area contributed by atoms with Crippen molar-refractivity contribution in [2.75, 3.05) is 6.54 Å². The summed E-state index contributed by atoms with van der Waals surface area (Å²) < 4.78 is 33.2. The largest absolute Gasteiger partial charge is 0.458 e. The van der Waals surface area contributed by atoms with Crippen molar-refractivity contribution in [3.8, 4) is 5.69 Å². The minimum absolute atomic E-state index is 0.00579. The predicted molar refractivity (Wildman–Crippen MR) is 102 cm³/mol. The number of sulfonamides is 1. The van der Waals surface area contributed by atoms with Gasteiger partial charge in [0.2, 0.25) is 0 Å². The van der Waals surface area contributed by atoms with E-state index in [2.05, 4.69) is 14.8 Å². The molecule has 142 valence electrons. The Morgan fingerprint density at radius 2 is 1.82 bits per heavy atom. The fourth-order valence-corrected chi connectivity index (χ4v) is 4.01. The number of carbonyl (C=O) groups excluding carboxylic acids is 1. The molecule has 9 heteroatoms. The molecule has 0 aliphatic carbocycles. The highest BCUT2D eigenvalue weighted by atomic mass is 32.2. The molecule has 0 fully saturated rings. The zero-order chi connectivity index (χ0) is 19.6. The molecule has 8 nitrogen and oxygen atoms in total. The molecule has 4 rings (SSSR count). The molecule has 0 spiro atoms. The second kappa shape index (κ2) is 7.28. The fourth-order valence-electron chi connectivity index (χ4n) is 2.76. The van der Waals surface area contributed by atoms with Crippen molar-refractivity contribution in [2.24, 2.45) is 4.99 Å². The third kappa shape index (κ3) is 3.65. The second-order valence-corrected chi connectivity index (χ2v) is 7.67. The maximum atomic E-state index is 12.0. The first-order valence-corrected chi connectivity index (χ1v) is 9.93. The molecule has 2 heterocycles. The number of fused-ring (bicyclic) bond motifs is 1. The molecular formula is C19H16N4O4S. The Labute approximate surface area is 161 Å². The lowest BCUT2D eigenvalue weighted by Crippen LogP contribution is -2.23. The van der Waals surface area contributed by atoms with Crippen LogP contribution < -0.4 is 4.72 Å². The van der Waals surface area contributed by atoms with E-state index in [0.29, 0.717) is 11.3 Å². The van der Waals surface area contributed by atoms with Crippen LogP contribution in [0.3, 0.4) is 0 Å². The van der Waals surface area contributed by atoms with Gasteiger partial charge in [-0.25, -0.2) is 13.1 Å². The summed E-state index contributed by atoms with van der Waals surface area (Å²) in [6.45, 7) is -0.294. The number of nitrogens with one attached hydrogen (secondary N) is 1. The maximum absolute atomic E-state index is 12.0. The maximum Gasteiger partial charge on any atom is 0.328 e. The van der Waals surface area contributed by atoms with E-state index in [1.165, 1.54) is 6.07 Å². The molecule has 1 aliphatic heterocycles. The van der Waals surface area contributed by atoms with Gasteiger partial charge in [0, 0.05) is 11.8 Å². The first-order valence-electron chi connectivity index (χ1n) is 8.45. The third-order valence-corrected chi connectivity index (χ3v) is 5.47. The van der Waals surface area contributed by atoms with Crippen molar-refractivity contribution in [3.05, 3.63) is 78.1 Å². The molecule has 1 N–H and O–H groups in total. The number of aromatic nitrogens is 2. The van der Waals surface area contributed by atoms with Gasteiger partial charge in [-0.05, 0) is 30.3 Å². The minimum atomic E-state index is -3.63. The monoisotopic (exact) mass is 396 g/mol. The Kier molecular flexibility index (Phi) is 4.66. The Hall–Kier alpha value is -3.46. The number of amidine groups is 1. The van der Waals surface area contributed by atoms with Gasteiger partial charge in [-0.15, -0.1) is 0 Å². The molecule has 0 amide bonds. The van der Waals surface area contributed by atoms with E-state index < -0.39 is 16.0 Å². The van der Waals surface area contributed by atoms with Crippen molar-refractivity contribution >= 4 is 21.8 Å².